The number of amides is 2. The molecule has 0 aromatic heterocycles. The van der Waals surface area contributed by atoms with Crippen LogP contribution in [0.2, 0.25) is 0 Å². The Bertz CT molecular complexity index is 1100. The Morgan fingerprint density at radius 3 is 2.45 bits per heavy atom. The van der Waals surface area contributed by atoms with Crippen molar-refractivity contribution in [1.29, 1.82) is 0 Å². The average Bonchev–Trinajstić information content (AvgIpc) is 3.31. The summed E-state index contributed by atoms with van der Waals surface area (Å²) in [6.45, 7) is 2.99. The van der Waals surface area contributed by atoms with Gasteiger partial charge in [0.05, 0.1) is 23.6 Å². The van der Waals surface area contributed by atoms with Crippen molar-refractivity contribution in [3.05, 3.63) is 65.5 Å². The van der Waals surface area contributed by atoms with E-state index in [1.807, 2.05) is 12.1 Å². The molecule has 1 atom stereocenters. The molecule has 164 valence electrons. The molecule has 0 aliphatic carbocycles. The number of urea groups is 1. The van der Waals surface area contributed by atoms with E-state index >= 15 is 0 Å². The molecule has 0 radical (unpaired) electrons. The highest BCUT2D eigenvalue weighted by atomic mass is 32.2. The van der Waals surface area contributed by atoms with Crippen molar-refractivity contribution >= 4 is 16.1 Å². The van der Waals surface area contributed by atoms with Crippen molar-refractivity contribution in [3.8, 4) is 0 Å². The number of sulfonamides is 1. The minimum Gasteiger partial charge on any atom is -0.378 e. The molecule has 0 saturated carbocycles. The van der Waals surface area contributed by atoms with E-state index in [0.717, 1.165) is 5.56 Å². The van der Waals surface area contributed by atoms with E-state index in [2.05, 4.69) is 0 Å². The summed E-state index contributed by atoms with van der Waals surface area (Å²) < 4.78 is 47.3. The number of carbonyl (C=O) groups excluding carboxylic acids is 1. The second-order valence-corrected chi connectivity index (χ2v) is 10.1. The van der Waals surface area contributed by atoms with Crippen LogP contribution in [0.1, 0.15) is 17.5 Å². The summed E-state index contributed by atoms with van der Waals surface area (Å²) in [7, 11) is -3.75. The first kappa shape index (κ1) is 20.4. The fourth-order valence-electron chi connectivity index (χ4n) is 4.89. The second-order valence-electron chi connectivity index (χ2n) is 8.22. The Morgan fingerprint density at radius 2 is 1.71 bits per heavy atom. The molecule has 7 nitrogen and oxygen atoms in total. The number of hydrogen-bond acceptors (Lipinski definition) is 4. The van der Waals surface area contributed by atoms with Crippen molar-refractivity contribution in [3.63, 3.8) is 0 Å². The summed E-state index contributed by atoms with van der Waals surface area (Å²) in [5.41, 5.74) is 0.607. The van der Waals surface area contributed by atoms with E-state index in [1.165, 1.54) is 16.4 Å². The van der Waals surface area contributed by atoms with Crippen LogP contribution in [0.5, 0.6) is 0 Å². The molecule has 1 spiro atoms. The minimum atomic E-state index is -3.75. The van der Waals surface area contributed by atoms with Gasteiger partial charge in [-0.1, -0.05) is 30.3 Å². The van der Waals surface area contributed by atoms with Crippen molar-refractivity contribution in [2.45, 2.75) is 23.4 Å². The monoisotopic (exact) mass is 445 g/mol. The molecule has 2 aromatic carbocycles. The van der Waals surface area contributed by atoms with Gasteiger partial charge in [-0.05, 0) is 35.7 Å². The largest absolute Gasteiger partial charge is 0.378 e. The summed E-state index contributed by atoms with van der Waals surface area (Å²) in [6.07, 6.45) is 0.514. The first-order chi connectivity index (χ1) is 14.9. The molecular weight excluding hydrogens is 421 g/mol. The van der Waals surface area contributed by atoms with Gasteiger partial charge in [0, 0.05) is 32.7 Å². The van der Waals surface area contributed by atoms with Crippen molar-refractivity contribution in [2.75, 3.05) is 39.4 Å². The molecule has 2 amide bonds. The molecule has 3 aliphatic heterocycles. The number of rotatable bonds is 2. The fourth-order valence-corrected chi connectivity index (χ4v) is 6.94. The molecule has 2 saturated heterocycles. The number of ether oxygens (including phenoxy) is 1. The van der Waals surface area contributed by atoms with Crippen molar-refractivity contribution in [1.82, 2.24) is 14.1 Å². The van der Waals surface area contributed by atoms with Crippen LogP contribution in [-0.4, -0.2) is 67.9 Å². The minimum absolute atomic E-state index is 0.0799. The van der Waals surface area contributed by atoms with Gasteiger partial charge in [0.25, 0.3) is 0 Å². The highest BCUT2D eigenvalue weighted by Gasteiger charge is 2.57. The summed E-state index contributed by atoms with van der Waals surface area (Å²) in [5.74, 6) is -0.367. The Morgan fingerprint density at radius 1 is 1.00 bits per heavy atom. The maximum atomic E-state index is 13.5. The third-order valence-corrected chi connectivity index (χ3v) is 8.44. The predicted molar refractivity (Wildman–Crippen MR) is 111 cm³/mol. The van der Waals surface area contributed by atoms with Crippen LogP contribution in [0.3, 0.4) is 0 Å². The lowest BCUT2D eigenvalue weighted by atomic mass is 9.88. The van der Waals surface area contributed by atoms with E-state index in [9.17, 15) is 17.6 Å². The Hall–Kier alpha value is -2.49. The maximum Gasteiger partial charge on any atom is 0.320 e. The first-order valence-electron chi connectivity index (χ1n) is 10.4. The van der Waals surface area contributed by atoms with Gasteiger partial charge in [0.1, 0.15) is 5.82 Å². The predicted octanol–water partition coefficient (Wildman–Crippen LogP) is 2.38. The van der Waals surface area contributed by atoms with E-state index in [1.54, 1.807) is 34.1 Å². The van der Waals surface area contributed by atoms with Gasteiger partial charge in [-0.2, -0.15) is 4.31 Å². The molecule has 31 heavy (non-hydrogen) atoms. The standard InChI is InChI=1S/C22H24FN3O4S/c23-18-7-5-17(6-8-18)15-26-22(19-3-1-2-4-20(19)31(26,28)29)9-10-25(16-22)21(27)24-11-13-30-14-12-24/h1-8H,9-16H2. The van der Waals surface area contributed by atoms with Gasteiger partial charge >= 0.3 is 6.03 Å². The first-order valence-corrected chi connectivity index (χ1v) is 11.8. The SMILES string of the molecule is O=C(N1CCOCC1)N1CCC2(C1)c1ccccc1S(=O)(=O)N2Cc1ccc(F)cc1. The van der Waals surface area contributed by atoms with Crippen LogP contribution in [0.4, 0.5) is 9.18 Å². The number of morpholine rings is 1. The molecule has 9 heteroatoms. The normalized spacial score (nSPS) is 25.2. The number of likely N-dealkylation sites (tertiary alicyclic amines) is 1. The van der Waals surface area contributed by atoms with Crippen LogP contribution < -0.4 is 0 Å². The zero-order valence-electron chi connectivity index (χ0n) is 17.0. The molecule has 2 fully saturated rings. The second kappa shape index (κ2) is 7.58. The number of halogens is 1. The van der Waals surface area contributed by atoms with Crippen LogP contribution >= 0.6 is 0 Å². The number of carbonyl (C=O) groups is 1. The van der Waals surface area contributed by atoms with Gasteiger partial charge in [-0.25, -0.2) is 17.6 Å². The van der Waals surface area contributed by atoms with Gasteiger partial charge in [-0.15, -0.1) is 0 Å². The fraction of sp³-hybridized carbons (Fsp3) is 0.409. The van der Waals surface area contributed by atoms with Crippen molar-refractivity contribution in [2.24, 2.45) is 0 Å². The zero-order valence-corrected chi connectivity index (χ0v) is 17.9. The summed E-state index contributed by atoms with van der Waals surface area (Å²) in [5, 5.41) is 0. The zero-order chi connectivity index (χ0) is 21.6. The number of nitrogens with zero attached hydrogens (tertiary/aromatic N) is 3. The lowest BCUT2D eigenvalue weighted by molar-refractivity contribution is 0.0439. The molecule has 1 unspecified atom stereocenters. The average molecular weight is 446 g/mol. The highest BCUT2D eigenvalue weighted by Crippen LogP contribution is 2.50. The lowest BCUT2D eigenvalue weighted by Gasteiger charge is -2.35. The number of hydrogen-bond donors (Lipinski definition) is 0. The van der Waals surface area contributed by atoms with Gasteiger partial charge in [0.2, 0.25) is 10.0 Å². The number of fused-ring (bicyclic) bond motifs is 2. The Labute approximate surface area is 181 Å². The Kier molecular flexibility index (Phi) is 4.99. The van der Waals surface area contributed by atoms with Crippen LogP contribution in [0.15, 0.2) is 53.4 Å². The van der Waals surface area contributed by atoms with Gasteiger partial charge in [0.15, 0.2) is 0 Å². The highest BCUT2D eigenvalue weighted by molar-refractivity contribution is 7.89. The van der Waals surface area contributed by atoms with Crippen LogP contribution in [0, 0.1) is 5.82 Å². The van der Waals surface area contributed by atoms with Gasteiger partial charge < -0.3 is 14.5 Å². The van der Waals surface area contributed by atoms with Gasteiger partial charge in [-0.3, -0.25) is 0 Å². The molecular formula is C22H24FN3O4S. The molecule has 0 bridgehead atoms. The molecule has 5 rings (SSSR count). The lowest BCUT2D eigenvalue weighted by Crippen LogP contribution is -2.50. The topological polar surface area (TPSA) is 70.2 Å². The Balaban J connectivity index is 1.51. The van der Waals surface area contributed by atoms with E-state index in [-0.39, 0.29) is 23.3 Å². The molecule has 3 aliphatic rings. The van der Waals surface area contributed by atoms with Crippen LogP contribution in [-0.2, 0) is 26.8 Å². The smallest absolute Gasteiger partial charge is 0.320 e. The summed E-state index contributed by atoms with van der Waals surface area (Å²) in [4.78, 5) is 16.9. The summed E-state index contributed by atoms with van der Waals surface area (Å²) in [6, 6.07) is 12.8. The third-order valence-electron chi connectivity index (χ3n) is 6.47. The summed E-state index contributed by atoms with van der Waals surface area (Å²) >= 11 is 0. The van der Waals surface area contributed by atoms with Crippen molar-refractivity contribution < 1.29 is 22.3 Å². The number of benzene rings is 2. The van der Waals surface area contributed by atoms with E-state index in [0.29, 0.717) is 51.4 Å². The maximum absolute atomic E-state index is 13.5. The molecule has 3 heterocycles. The van der Waals surface area contributed by atoms with E-state index in [4.69, 9.17) is 4.74 Å². The molecule has 2 aromatic rings. The van der Waals surface area contributed by atoms with Crippen LogP contribution in [0.25, 0.3) is 0 Å². The quantitative estimate of drug-likeness (QED) is 0.712. The van der Waals surface area contributed by atoms with E-state index < -0.39 is 15.6 Å². The third kappa shape index (κ3) is 3.31. The molecule has 0 N–H and O–H groups in total.